The highest BCUT2D eigenvalue weighted by Crippen LogP contribution is 2.30. The number of nitrogens with zero attached hydrogens (tertiary/aromatic N) is 2. The van der Waals surface area contributed by atoms with Crippen LogP contribution < -0.4 is 4.74 Å². The summed E-state index contributed by atoms with van der Waals surface area (Å²) in [6.07, 6.45) is 2.14. The summed E-state index contributed by atoms with van der Waals surface area (Å²) in [6.45, 7) is 0. The van der Waals surface area contributed by atoms with Gasteiger partial charge in [0, 0.05) is 18.2 Å². The molecule has 2 aromatic heterocycles. The van der Waals surface area contributed by atoms with Gasteiger partial charge in [0.1, 0.15) is 16.3 Å². The number of aromatic carboxylic acids is 1. The van der Waals surface area contributed by atoms with Gasteiger partial charge >= 0.3 is 5.97 Å². The first-order valence-corrected chi connectivity index (χ1v) is 7.77. The highest BCUT2D eigenvalue weighted by Gasteiger charge is 2.20. The predicted molar refractivity (Wildman–Crippen MR) is 88.1 cm³/mol. The van der Waals surface area contributed by atoms with Crippen LogP contribution in [0.25, 0.3) is 11.4 Å². The SMILES string of the molecule is COc1ccccc1Cc1nc(-c2ccccn2)c(C(=O)O)s1. The van der Waals surface area contributed by atoms with Gasteiger partial charge < -0.3 is 9.84 Å². The van der Waals surface area contributed by atoms with Gasteiger partial charge in [0.15, 0.2) is 0 Å². The lowest BCUT2D eigenvalue weighted by atomic mass is 10.1. The van der Waals surface area contributed by atoms with Gasteiger partial charge in [0.25, 0.3) is 0 Å². The standard InChI is InChI=1S/C17H14N2O3S/c1-22-13-8-3-2-6-11(13)10-14-19-15(16(23-14)17(20)21)12-7-4-5-9-18-12/h2-9H,10H2,1H3,(H,20,21). The van der Waals surface area contributed by atoms with Crippen molar-refractivity contribution in [3.63, 3.8) is 0 Å². The monoisotopic (exact) mass is 326 g/mol. The summed E-state index contributed by atoms with van der Waals surface area (Å²) in [5.41, 5.74) is 1.94. The number of hydrogen-bond acceptors (Lipinski definition) is 5. The first-order valence-electron chi connectivity index (χ1n) is 6.95. The zero-order valence-corrected chi connectivity index (χ0v) is 13.2. The molecule has 1 N–H and O–H groups in total. The minimum atomic E-state index is -0.991. The summed E-state index contributed by atoms with van der Waals surface area (Å²) in [4.78, 5) is 20.4. The lowest BCUT2D eigenvalue weighted by Crippen LogP contribution is -1.96. The molecule has 0 spiro atoms. The third-order valence-electron chi connectivity index (χ3n) is 3.31. The number of methoxy groups -OCH3 is 1. The number of thiazole rings is 1. The summed E-state index contributed by atoms with van der Waals surface area (Å²) in [7, 11) is 1.61. The van der Waals surface area contributed by atoms with E-state index in [1.807, 2.05) is 30.3 Å². The molecule has 0 saturated carbocycles. The van der Waals surface area contributed by atoms with Crippen molar-refractivity contribution < 1.29 is 14.6 Å². The molecule has 6 heteroatoms. The Morgan fingerprint density at radius 1 is 1.22 bits per heavy atom. The van der Waals surface area contributed by atoms with E-state index in [9.17, 15) is 9.90 Å². The van der Waals surface area contributed by atoms with Crippen molar-refractivity contribution in [3.8, 4) is 17.1 Å². The highest BCUT2D eigenvalue weighted by molar-refractivity contribution is 7.14. The molecular formula is C17H14N2O3S. The molecule has 5 nitrogen and oxygen atoms in total. The van der Waals surface area contributed by atoms with Crippen LogP contribution in [0.15, 0.2) is 48.7 Å². The molecule has 1 aromatic carbocycles. The first-order chi connectivity index (χ1) is 11.2. The largest absolute Gasteiger partial charge is 0.496 e. The number of aromatic nitrogens is 2. The van der Waals surface area contributed by atoms with Crippen LogP contribution in [-0.4, -0.2) is 28.2 Å². The first kappa shape index (κ1) is 15.2. The Balaban J connectivity index is 2.00. The van der Waals surface area contributed by atoms with Gasteiger partial charge in [-0.1, -0.05) is 24.3 Å². The molecule has 3 aromatic rings. The molecule has 0 unspecified atom stereocenters. The number of carboxylic acids is 1. The van der Waals surface area contributed by atoms with Gasteiger partial charge in [0.05, 0.1) is 17.8 Å². The van der Waals surface area contributed by atoms with Gasteiger partial charge in [-0.2, -0.15) is 0 Å². The molecule has 116 valence electrons. The minimum absolute atomic E-state index is 0.202. The van der Waals surface area contributed by atoms with Crippen molar-refractivity contribution in [3.05, 3.63) is 64.1 Å². The van der Waals surface area contributed by atoms with Crippen molar-refractivity contribution >= 4 is 17.3 Å². The van der Waals surface area contributed by atoms with E-state index >= 15 is 0 Å². The van der Waals surface area contributed by atoms with Crippen molar-refractivity contribution in [1.82, 2.24) is 9.97 Å². The van der Waals surface area contributed by atoms with E-state index in [0.29, 0.717) is 22.8 Å². The van der Waals surface area contributed by atoms with E-state index in [2.05, 4.69) is 9.97 Å². The van der Waals surface area contributed by atoms with Crippen molar-refractivity contribution in [2.45, 2.75) is 6.42 Å². The zero-order chi connectivity index (χ0) is 16.2. The summed E-state index contributed by atoms with van der Waals surface area (Å²) < 4.78 is 5.33. The number of ether oxygens (including phenoxy) is 1. The van der Waals surface area contributed by atoms with Gasteiger partial charge in [-0.25, -0.2) is 9.78 Å². The maximum atomic E-state index is 11.5. The van der Waals surface area contributed by atoms with Gasteiger partial charge in [-0.05, 0) is 18.2 Å². The number of carbonyl (C=O) groups is 1. The topological polar surface area (TPSA) is 72.3 Å². The Bertz CT molecular complexity index is 831. The second-order valence-electron chi connectivity index (χ2n) is 4.79. The quantitative estimate of drug-likeness (QED) is 0.777. The fourth-order valence-corrected chi connectivity index (χ4v) is 3.21. The third kappa shape index (κ3) is 3.22. The Morgan fingerprint density at radius 3 is 2.70 bits per heavy atom. The van der Waals surface area contributed by atoms with E-state index in [1.54, 1.807) is 25.4 Å². The van der Waals surface area contributed by atoms with Crippen LogP contribution in [0, 0.1) is 0 Å². The third-order valence-corrected chi connectivity index (χ3v) is 4.35. The van der Waals surface area contributed by atoms with E-state index < -0.39 is 5.97 Å². The lowest BCUT2D eigenvalue weighted by molar-refractivity contribution is 0.0702. The van der Waals surface area contributed by atoms with Gasteiger partial charge in [-0.3, -0.25) is 4.98 Å². The summed E-state index contributed by atoms with van der Waals surface area (Å²) in [5.74, 6) is -0.228. The molecule has 0 fully saturated rings. The highest BCUT2D eigenvalue weighted by atomic mass is 32.1. The average Bonchev–Trinajstić information content (AvgIpc) is 3.00. The van der Waals surface area contributed by atoms with E-state index in [1.165, 1.54) is 11.3 Å². The summed E-state index contributed by atoms with van der Waals surface area (Å²) in [5, 5.41) is 10.1. The molecular weight excluding hydrogens is 312 g/mol. The zero-order valence-electron chi connectivity index (χ0n) is 12.4. The van der Waals surface area contributed by atoms with E-state index in [4.69, 9.17) is 4.74 Å². The minimum Gasteiger partial charge on any atom is -0.496 e. The second-order valence-corrected chi connectivity index (χ2v) is 5.88. The second kappa shape index (κ2) is 6.58. The Hall–Kier alpha value is -2.73. The van der Waals surface area contributed by atoms with Crippen LogP contribution in [0.2, 0.25) is 0 Å². The van der Waals surface area contributed by atoms with Crippen LogP contribution in [0.4, 0.5) is 0 Å². The van der Waals surface area contributed by atoms with Crippen molar-refractivity contribution in [1.29, 1.82) is 0 Å². The number of rotatable bonds is 5. The molecule has 0 atom stereocenters. The molecule has 0 aliphatic rings. The number of para-hydroxylation sites is 1. The fraction of sp³-hybridized carbons (Fsp3) is 0.118. The lowest BCUT2D eigenvalue weighted by Gasteiger charge is -2.05. The normalized spacial score (nSPS) is 10.5. The van der Waals surface area contributed by atoms with Crippen LogP contribution >= 0.6 is 11.3 Å². The molecule has 0 amide bonds. The number of carboxylic acid groups (broad SMARTS) is 1. The van der Waals surface area contributed by atoms with Crippen LogP contribution in [-0.2, 0) is 6.42 Å². The predicted octanol–water partition coefficient (Wildman–Crippen LogP) is 3.50. The molecule has 0 saturated heterocycles. The Kier molecular flexibility index (Phi) is 4.34. The van der Waals surface area contributed by atoms with Crippen molar-refractivity contribution in [2.24, 2.45) is 0 Å². The molecule has 0 bridgehead atoms. The molecule has 0 radical (unpaired) electrons. The van der Waals surface area contributed by atoms with E-state index in [-0.39, 0.29) is 4.88 Å². The number of pyridine rings is 1. The van der Waals surface area contributed by atoms with E-state index in [0.717, 1.165) is 11.3 Å². The molecule has 0 aliphatic heterocycles. The smallest absolute Gasteiger partial charge is 0.348 e. The number of hydrogen-bond donors (Lipinski definition) is 1. The average molecular weight is 326 g/mol. The van der Waals surface area contributed by atoms with Crippen molar-refractivity contribution in [2.75, 3.05) is 7.11 Å². The maximum absolute atomic E-state index is 11.5. The summed E-state index contributed by atoms with van der Waals surface area (Å²) in [6, 6.07) is 13.0. The van der Waals surface area contributed by atoms with Gasteiger partial charge in [-0.15, -0.1) is 11.3 Å². The molecule has 2 heterocycles. The molecule has 0 aliphatic carbocycles. The van der Waals surface area contributed by atoms with Gasteiger partial charge in [0.2, 0.25) is 0 Å². The van der Waals surface area contributed by atoms with Crippen LogP contribution in [0.1, 0.15) is 20.2 Å². The van der Waals surface area contributed by atoms with Crippen LogP contribution in [0.5, 0.6) is 5.75 Å². The number of benzene rings is 1. The molecule has 3 rings (SSSR count). The fourth-order valence-electron chi connectivity index (χ4n) is 2.27. The Morgan fingerprint density at radius 2 is 2.00 bits per heavy atom. The Labute approximate surface area is 137 Å². The van der Waals surface area contributed by atoms with Crippen LogP contribution in [0.3, 0.4) is 0 Å². The maximum Gasteiger partial charge on any atom is 0.348 e. The summed E-state index contributed by atoms with van der Waals surface area (Å²) >= 11 is 1.17. The molecule has 23 heavy (non-hydrogen) atoms.